The van der Waals surface area contributed by atoms with Gasteiger partial charge in [-0.2, -0.15) is 9.30 Å². The van der Waals surface area contributed by atoms with Gasteiger partial charge in [-0.25, -0.2) is 8.42 Å². The highest BCUT2D eigenvalue weighted by Crippen LogP contribution is 2.24. The van der Waals surface area contributed by atoms with Crippen LogP contribution in [-0.2, 0) is 21.3 Å². The van der Waals surface area contributed by atoms with Crippen molar-refractivity contribution in [2.24, 2.45) is 4.99 Å². The largest absolute Gasteiger partial charge is 0.494 e. The Labute approximate surface area is 196 Å². The maximum atomic E-state index is 12.9. The van der Waals surface area contributed by atoms with Crippen molar-refractivity contribution in [1.82, 2.24) is 8.87 Å². The Morgan fingerprint density at radius 2 is 1.94 bits per heavy atom. The minimum absolute atomic E-state index is 0.133. The van der Waals surface area contributed by atoms with E-state index in [-0.39, 0.29) is 17.0 Å². The Bertz CT molecular complexity index is 1380. The van der Waals surface area contributed by atoms with Gasteiger partial charge >= 0.3 is 0 Å². The molecule has 10 heteroatoms. The Hall–Kier alpha value is -2.97. The molecule has 172 valence electrons. The van der Waals surface area contributed by atoms with Crippen LogP contribution in [0, 0.1) is 12.3 Å². The molecule has 2 aromatic carbocycles. The summed E-state index contributed by atoms with van der Waals surface area (Å²) in [6.07, 6.45) is 5.53. The average Bonchev–Trinajstić information content (AvgIpc) is 3.16. The van der Waals surface area contributed by atoms with Gasteiger partial charge in [-0.3, -0.25) is 4.79 Å². The number of carbonyl (C=O) groups is 1. The number of nitrogens with zero attached hydrogens (tertiary/aromatic N) is 3. The molecule has 1 aliphatic heterocycles. The number of hydrogen-bond acceptors (Lipinski definition) is 6. The number of sulfonamides is 1. The molecule has 1 aliphatic rings. The summed E-state index contributed by atoms with van der Waals surface area (Å²) in [6, 6.07) is 11.5. The van der Waals surface area contributed by atoms with Gasteiger partial charge in [0.15, 0.2) is 4.80 Å². The molecule has 0 bridgehead atoms. The number of benzene rings is 2. The van der Waals surface area contributed by atoms with Crippen LogP contribution in [0.1, 0.15) is 17.3 Å². The van der Waals surface area contributed by atoms with Gasteiger partial charge in [0.1, 0.15) is 5.75 Å². The second-order valence-electron chi connectivity index (χ2n) is 7.20. The molecule has 1 aromatic heterocycles. The summed E-state index contributed by atoms with van der Waals surface area (Å²) in [5.41, 5.74) is 1.15. The number of thiazole rings is 1. The van der Waals surface area contributed by atoms with Gasteiger partial charge in [-0.05, 0) is 49.4 Å². The van der Waals surface area contributed by atoms with Crippen molar-refractivity contribution in [2.75, 3.05) is 32.9 Å². The van der Waals surface area contributed by atoms with Crippen molar-refractivity contribution in [3.8, 4) is 18.1 Å². The highest BCUT2D eigenvalue weighted by Gasteiger charge is 2.26. The predicted molar refractivity (Wildman–Crippen MR) is 126 cm³/mol. The van der Waals surface area contributed by atoms with Crippen LogP contribution in [0.25, 0.3) is 10.2 Å². The third-order valence-corrected chi connectivity index (χ3v) is 8.07. The smallest absolute Gasteiger partial charge is 0.279 e. The molecular weight excluding hydrogens is 462 g/mol. The molecular formula is C23H23N3O5S2. The molecule has 8 nitrogen and oxygen atoms in total. The van der Waals surface area contributed by atoms with Crippen LogP contribution in [0.3, 0.4) is 0 Å². The number of carbonyl (C=O) groups excluding carboxylic acids is 1. The van der Waals surface area contributed by atoms with E-state index in [4.69, 9.17) is 15.9 Å². The van der Waals surface area contributed by atoms with Crippen molar-refractivity contribution < 1.29 is 22.7 Å². The van der Waals surface area contributed by atoms with E-state index in [2.05, 4.69) is 10.9 Å². The molecule has 0 saturated carbocycles. The van der Waals surface area contributed by atoms with Gasteiger partial charge < -0.3 is 14.0 Å². The Balaban J connectivity index is 1.65. The zero-order chi connectivity index (χ0) is 23.4. The number of ether oxygens (including phenoxy) is 2. The van der Waals surface area contributed by atoms with E-state index in [1.807, 2.05) is 25.1 Å². The molecule has 4 rings (SSSR count). The second-order valence-corrected chi connectivity index (χ2v) is 10.1. The van der Waals surface area contributed by atoms with Gasteiger partial charge in [0.05, 0.1) is 41.5 Å². The topological polar surface area (TPSA) is 90.2 Å². The number of fused-ring (bicyclic) bond motifs is 1. The van der Waals surface area contributed by atoms with Gasteiger partial charge in [0, 0.05) is 18.7 Å². The van der Waals surface area contributed by atoms with E-state index in [0.29, 0.717) is 37.7 Å². The van der Waals surface area contributed by atoms with Gasteiger partial charge in [-0.15, -0.1) is 6.42 Å². The summed E-state index contributed by atoms with van der Waals surface area (Å²) >= 11 is 1.34. The highest BCUT2D eigenvalue weighted by molar-refractivity contribution is 7.89. The van der Waals surface area contributed by atoms with E-state index in [0.717, 1.165) is 16.0 Å². The van der Waals surface area contributed by atoms with E-state index >= 15 is 0 Å². The van der Waals surface area contributed by atoms with Gasteiger partial charge in [-0.1, -0.05) is 17.3 Å². The fourth-order valence-electron chi connectivity index (χ4n) is 3.50. The third kappa shape index (κ3) is 4.86. The first-order valence-corrected chi connectivity index (χ1v) is 12.7. The first kappa shape index (κ1) is 23.2. The lowest BCUT2D eigenvalue weighted by molar-refractivity contribution is 0.0730. The molecule has 1 amide bonds. The van der Waals surface area contributed by atoms with Crippen molar-refractivity contribution in [1.29, 1.82) is 0 Å². The number of aromatic nitrogens is 1. The summed E-state index contributed by atoms with van der Waals surface area (Å²) in [4.78, 5) is 17.7. The quantitative estimate of drug-likeness (QED) is 0.501. The summed E-state index contributed by atoms with van der Waals surface area (Å²) in [5, 5.41) is 0. The SMILES string of the molecule is C#CCn1c(=NC(=O)c2ccc(S(=O)(=O)N3CCOCC3)cc2)sc2cc(OCC)ccc21. The van der Waals surface area contributed by atoms with Crippen LogP contribution in [0.2, 0.25) is 0 Å². The molecule has 1 fully saturated rings. The molecule has 0 radical (unpaired) electrons. The number of rotatable bonds is 6. The maximum absolute atomic E-state index is 12.9. The van der Waals surface area contributed by atoms with E-state index in [9.17, 15) is 13.2 Å². The van der Waals surface area contributed by atoms with Crippen molar-refractivity contribution in [3.63, 3.8) is 0 Å². The van der Waals surface area contributed by atoms with E-state index in [1.165, 1.54) is 39.9 Å². The minimum Gasteiger partial charge on any atom is -0.494 e. The molecule has 1 saturated heterocycles. The lowest BCUT2D eigenvalue weighted by Crippen LogP contribution is -2.40. The molecule has 3 aromatic rings. The van der Waals surface area contributed by atoms with Crippen LogP contribution in [-0.4, -0.2) is 56.1 Å². The fourth-order valence-corrected chi connectivity index (χ4v) is 5.96. The highest BCUT2D eigenvalue weighted by atomic mass is 32.2. The van der Waals surface area contributed by atoms with E-state index < -0.39 is 15.9 Å². The normalized spacial score (nSPS) is 15.5. The Kier molecular flexibility index (Phi) is 6.95. The van der Waals surface area contributed by atoms with Crippen LogP contribution >= 0.6 is 11.3 Å². The number of morpholine rings is 1. The van der Waals surface area contributed by atoms with Crippen LogP contribution < -0.4 is 9.54 Å². The van der Waals surface area contributed by atoms with Gasteiger partial charge in [0.2, 0.25) is 10.0 Å². The predicted octanol–water partition coefficient (Wildman–Crippen LogP) is 2.50. The van der Waals surface area contributed by atoms with Gasteiger partial charge in [0.25, 0.3) is 5.91 Å². The molecule has 0 unspecified atom stereocenters. The van der Waals surface area contributed by atoms with Crippen molar-refractivity contribution in [3.05, 3.63) is 52.8 Å². The summed E-state index contributed by atoms with van der Waals surface area (Å²) in [7, 11) is -3.63. The average molecular weight is 486 g/mol. The van der Waals surface area contributed by atoms with Crippen molar-refractivity contribution >= 4 is 37.5 Å². The maximum Gasteiger partial charge on any atom is 0.279 e. The molecule has 0 spiro atoms. The Morgan fingerprint density at radius 1 is 1.21 bits per heavy atom. The lowest BCUT2D eigenvalue weighted by Gasteiger charge is -2.26. The molecule has 0 aliphatic carbocycles. The molecule has 0 N–H and O–H groups in total. The minimum atomic E-state index is -3.63. The third-order valence-electron chi connectivity index (χ3n) is 5.12. The zero-order valence-electron chi connectivity index (χ0n) is 18.1. The molecule has 33 heavy (non-hydrogen) atoms. The second kappa shape index (κ2) is 9.89. The summed E-state index contributed by atoms with van der Waals surface area (Å²) in [6.45, 7) is 4.08. The van der Waals surface area contributed by atoms with Crippen molar-refractivity contribution in [2.45, 2.75) is 18.4 Å². The fraction of sp³-hybridized carbons (Fsp3) is 0.304. The molecule has 0 atom stereocenters. The zero-order valence-corrected chi connectivity index (χ0v) is 19.7. The first-order valence-electron chi connectivity index (χ1n) is 10.4. The summed E-state index contributed by atoms with van der Waals surface area (Å²) in [5.74, 6) is 2.85. The molecule has 2 heterocycles. The monoisotopic (exact) mass is 485 g/mol. The van der Waals surface area contributed by atoms with E-state index in [1.54, 1.807) is 4.57 Å². The first-order chi connectivity index (χ1) is 15.9. The van der Waals surface area contributed by atoms with Crippen LogP contribution in [0.5, 0.6) is 5.75 Å². The number of terminal acetylenes is 1. The Morgan fingerprint density at radius 3 is 2.61 bits per heavy atom. The number of hydrogen-bond donors (Lipinski definition) is 0. The lowest BCUT2D eigenvalue weighted by atomic mass is 10.2. The van der Waals surface area contributed by atoms with Crippen LogP contribution in [0.4, 0.5) is 0 Å². The van der Waals surface area contributed by atoms with Crippen LogP contribution in [0.15, 0.2) is 52.4 Å². The standard InChI is InChI=1S/C23H23N3O5S2/c1-3-11-26-20-10-7-18(31-4-2)16-21(20)32-23(26)24-22(27)17-5-8-19(9-6-17)33(28,29)25-12-14-30-15-13-25/h1,5-10,16H,4,11-15H2,2H3. The summed E-state index contributed by atoms with van der Waals surface area (Å²) < 4.78 is 40.4. The number of amides is 1.